The molecular weight excluding hydrogens is 285 g/mol. The second-order valence-corrected chi connectivity index (χ2v) is 3.55. The number of nitrogens with zero attached hydrogens (tertiary/aromatic N) is 2. The third-order valence-corrected chi connectivity index (χ3v) is 1.97. The fourth-order valence-electron chi connectivity index (χ4n) is 0.871. The van der Waals surface area contributed by atoms with Gasteiger partial charge < -0.3 is 5.32 Å². The van der Waals surface area contributed by atoms with Gasteiger partial charge in [-0.3, -0.25) is 10.1 Å². The first-order chi connectivity index (χ1) is 6.15. The number of anilines is 1. The molecule has 0 saturated heterocycles. The number of hydrogen-bond donors (Lipinski definition) is 1. The maximum absolute atomic E-state index is 10.6. The van der Waals surface area contributed by atoms with Crippen molar-refractivity contribution in [1.82, 2.24) is 4.98 Å². The van der Waals surface area contributed by atoms with Crippen molar-refractivity contribution in [3.63, 3.8) is 0 Å². The lowest BCUT2D eigenvalue weighted by molar-refractivity contribution is -0.384. The predicted octanol–water partition coefficient (Wildman–Crippen LogP) is 2.03. The molecule has 0 aliphatic rings. The largest absolute Gasteiger partial charge is 0.365 e. The maximum atomic E-state index is 10.6. The second-order valence-electron chi connectivity index (χ2n) is 2.31. The lowest BCUT2D eigenvalue weighted by Gasteiger charge is -2.02. The Morgan fingerprint density at radius 2 is 2.46 bits per heavy atom. The Labute approximate surface area is 88.8 Å². The summed E-state index contributed by atoms with van der Waals surface area (Å²) in [5.41, 5.74) is 0.0220. The van der Waals surface area contributed by atoms with E-state index in [1.807, 2.05) is 29.5 Å². The van der Waals surface area contributed by atoms with Crippen LogP contribution in [-0.4, -0.2) is 16.5 Å². The summed E-state index contributed by atoms with van der Waals surface area (Å²) in [6, 6.07) is 1.49. The quantitative estimate of drug-likeness (QED) is 0.526. The predicted molar refractivity (Wildman–Crippen MR) is 57.8 cm³/mol. The van der Waals surface area contributed by atoms with Gasteiger partial charge in [-0.15, -0.1) is 0 Å². The van der Waals surface area contributed by atoms with Crippen molar-refractivity contribution >= 4 is 34.1 Å². The molecule has 0 radical (unpaired) electrons. The SMILES string of the molecule is CCNc1ncc(I)cc1[N+](=O)[O-]. The molecule has 70 valence electrons. The fourth-order valence-corrected chi connectivity index (χ4v) is 1.31. The summed E-state index contributed by atoms with van der Waals surface area (Å²) >= 11 is 1.99. The number of aromatic nitrogens is 1. The zero-order chi connectivity index (χ0) is 9.84. The Kier molecular flexibility index (Phi) is 3.40. The zero-order valence-corrected chi connectivity index (χ0v) is 9.11. The van der Waals surface area contributed by atoms with Gasteiger partial charge in [0.2, 0.25) is 5.82 Å². The van der Waals surface area contributed by atoms with E-state index < -0.39 is 4.92 Å². The normalized spacial score (nSPS) is 9.69. The van der Waals surface area contributed by atoms with Gasteiger partial charge in [-0.25, -0.2) is 4.98 Å². The molecular formula is C7H8IN3O2. The minimum Gasteiger partial charge on any atom is -0.365 e. The summed E-state index contributed by atoms with van der Waals surface area (Å²) in [7, 11) is 0. The first kappa shape index (κ1) is 10.2. The van der Waals surface area contributed by atoms with Gasteiger partial charge in [0.15, 0.2) is 0 Å². The maximum Gasteiger partial charge on any atom is 0.312 e. The minimum absolute atomic E-state index is 0.0220. The number of halogens is 1. The van der Waals surface area contributed by atoms with E-state index in [2.05, 4.69) is 10.3 Å². The first-order valence-corrected chi connectivity index (χ1v) is 4.76. The Bertz CT molecular complexity index is 330. The van der Waals surface area contributed by atoms with Crippen molar-refractivity contribution < 1.29 is 4.92 Å². The van der Waals surface area contributed by atoms with Gasteiger partial charge in [-0.2, -0.15) is 0 Å². The van der Waals surface area contributed by atoms with Crippen LogP contribution in [0.5, 0.6) is 0 Å². The van der Waals surface area contributed by atoms with Crippen LogP contribution in [0.25, 0.3) is 0 Å². The zero-order valence-electron chi connectivity index (χ0n) is 6.95. The summed E-state index contributed by atoms with van der Waals surface area (Å²) in [5, 5.41) is 13.4. The third kappa shape index (κ3) is 2.51. The summed E-state index contributed by atoms with van der Waals surface area (Å²) in [6.07, 6.45) is 1.59. The Morgan fingerprint density at radius 3 is 3.00 bits per heavy atom. The van der Waals surface area contributed by atoms with E-state index in [1.165, 1.54) is 6.07 Å². The van der Waals surface area contributed by atoms with Gasteiger partial charge in [0.1, 0.15) is 0 Å². The summed E-state index contributed by atoms with van der Waals surface area (Å²) in [6.45, 7) is 2.48. The molecule has 0 aliphatic carbocycles. The molecule has 13 heavy (non-hydrogen) atoms. The average Bonchev–Trinajstić information content (AvgIpc) is 2.08. The molecule has 0 amide bonds. The van der Waals surface area contributed by atoms with Gasteiger partial charge in [0.25, 0.3) is 0 Å². The van der Waals surface area contributed by atoms with Crippen molar-refractivity contribution in [3.8, 4) is 0 Å². The van der Waals surface area contributed by atoms with Crippen LogP contribution >= 0.6 is 22.6 Å². The molecule has 1 rings (SSSR count). The molecule has 1 N–H and O–H groups in total. The lowest BCUT2D eigenvalue weighted by Crippen LogP contribution is -2.03. The number of nitro groups is 1. The first-order valence-electron chi connectivity index (χ1n) is 3.69. The van der Waals surface area contributed by atoms with Crippen molar-refractivity contribution in [2.24, 2.45) is 0 Å². The van der Waals surface area contributed by atoms with Crippen LogP contribution in [0.2, 0.25) is 0 Å². The molecule has 0 unspecified atom stereocenters. The Hall–Kier alpha value is -0.920. The molecule has 1 heterocycles. The topological polar surface area (TPSA) is 68.1 Å². The molecule has 5 nitrogen and oxygen atoms in total. The van der Waals surface area contributed by atoms with E-state index in [9.17, 15) is 10.1 Å². The Morgan fingerprint density at radius 1 is 1.77 bits per heavy atom. The van der Waals surface area contributed by atoms with Crippen LogP contribution in [0.1, 0.15) is 6.92 Å². The molecule has 0 fully saturated rings. The van der Waals surface area contributed by atoms with Gasteiger partial charge in [0.05, 0.1) is 4.92 Å². The van der Waals surface area contributed by atoms with Crippen LogP contribution in [0.4, 0.5) is 11.5 Å². The minimum atomic E-state index is -0.437. The molecule has 1 aromatic heterocycles. The standard InChI is InChI=1S/C7H8IN3O2/c1-2-9-7-6(11(12)13)3-5(8)4-10-7/h3-4H,2H2,1H3,(H,9,10). The number of pyridine rings is 1. The van der Waals surface area contributed by atoms with Crippen molar-refractivity contribution in [1.29, 1.82) is 0 Å². The molecule has 6 heteroatoms. The van der Waals surface area contributed by atoms with E-state index in [0.717, 1.165) is 3.57 Å². The highest BCUT2D eigenvalue weighted by Crippen LogP contribution is 2.22. The van der Waals surface area contributed by atoms with Crippen LogP contribution in [0.15, 0.2) is 12.3 Å². The highest BCUT2D eigenvalue weighted by atomic mass is 127. The van der Waals surface area contributed by atoms with Crippen molar-refractivity contribution in [2.75, 3.05) is 11.9 Å². The fraction of sp³-hybridized carbons (Fsp3) is 0.286. The van der Waals surface area contributed by atoms with Crippen LogP contribution < -0.4 is 5.32 Å². The van der Waals surface area contributed by atoms with E-state index in [4.69, 9.17) is 0 Å². The molecule has 0 aromatic carbocycles. The van der Waals surface area contributed by atoms with Crippen molar-refractivity contribution in [2.45, 2.75) is 6.92 Å². The van der Waals surface area contributed by atoms with E-state index >= 15 is 0 Å². The van der Waals surface area contributed by atoms with Gasteiger partial charge in [-0.1, -0.05) is 0 Å². The third-order valence-electron chi connectivity index (χ3n) is 1.38. The number of rotatable bonds is 3. The summed E-state index contributed by atoms with van der Waals surface area (Å²) < 4.78 is 0.756. The molecule has 1 aromatic rings. The second kappa shape index (κ2) is 4.35. The van der Waals surface area contributed by atoms with Gasteiger partial charge in [0, 0.05) is 22.4 Å². The monoisotopic (exact) mass is 293 g/mol. The van der Waals surface area contributed by atoms with Crippen molar-refractivity contribution in [3.05, 3.63) is 25.9 Å². The lowest BCUT2D eigenvalue weighted by atomic mass is 10.4. The Balaban J connectivity index is 3.10. The summed E-state index contributed by atoms with van der Waals surface area (Å²) in [5.74, 6) is 0.327. The molecule has 0 aliphatic heterocycles. The van der Waals surface area contributed by atoms with E-state index in [-0.39, 0.29) is 5.69 Å². The van der Waals surface area contributed by atoms with E-state index in [0.29, 0.717) is 12.4 Å². The number of hydrogen-bond acceptors (Lipinski definition) is 4. The smallest absolute Gasteiger partial charge is 0.312 e. The molecule has 0 saturated carbocycles. The van der Waals surface area contributed by atoms with Crippen LogP contribution in [0.3, 0.4) is 0 Å². The highest BCUT2D eigenvalue weighted by molar-refractivity contribution is 14.1. The molecule has 0 bridgehead atoms. The van der Waals surface area contributed by atoms with Gasteiger partial charge in [-0.05, 0) is 29.5 Å². The van der Waals surface area contributed by atoms with Gasteiger partial charge >= 0.3 is 5.69 Å². The summed E-state index contributed by atoms with van der Waals surface area (Å²) in [4.78, 5) is 14.1. The van der Waals surface area contributed by atoms with Crippen LogP contribution in [-0.2, 0) is 0 Å². The highest BCUT2D eigenvalue weighted by Gasteiger charge is 2.14. The van der Waals surface area contributed by atoms with E-state index in [1.54, 1.807) is 6.20 Å². The molecule has 0 spiro atoms. The average molecular weight is 293 g/mol. The number of nitrogens with one attached hydrogen (secondary N) is 1. The molecule has 0 atom stereocenters. The van der Waals surface area contributed by atoms with Crippen LogP contribution in [0, 0.1) is 13.7 Å².